The summed E-state index contributed by atoms with van der Waals surface area (Å²) in [6, 6.07) is -0.480. The summed E-state index contributed by atoms with van der Waals surface area (Å²) in [7, 11) is 0. The number of carbonyl (C=O) groups excluding carboxylic acids is 1. The molecule has 3 N–H and O–H groups in total. The van der Waals surface area contributed by atoms with Gasteiger partial charge in [-0.05, 0) is 12.3 Å². The van der Waals surface area contributed by atoms with Crippen molar-refractivity contribution in [2.24, 2.45) is 11.1 Å². The van der Waals surface area contributed by atoms with Crippen LogP contribution < -0.4 is 11.1 Å². The van der Waals surface area contributed by atoms with Gasteiger partial charge in [-0.25, -0.2) is 0 Å². The van der Waals surface area contributed by atoms with E-state index in [1.165, 1.54) is 0 Å². The van der Waals surface area contributed by atoms with Gasteiger partial charge in [-0.3, -0.25) is 4.79 Å². The maximum Gasteiger partial charge on any atom is 0.238 e. The first-order valence-electron chi connectivity index (χ1n) is 4.32. The van der Waals surface area contributed by atoms with Crippen molar-refractivity contribution in [1.82, 2.24) is 5.32 Å². The molecule has 1 atom stereocenters. The van der Waals surface area contributed by atoms with Crippen LogP contribution in [-0.2, 0) is 4.79 Å². The molecule has 0 aromatic carbocycles. The summed E-state index contributed by atoms with van der Waals surface area (Å²) in [5.41, 5.74) is 5.51. The van der Waals surface area contributed by atoms with Crippen LogP contribution in [0.1, 0.15) is 27.7 Å². The van der Waals surface area contributed by atoms with Gasteiger partial charge < -0.3 is 11.1 Å². The summed E-state index contributed by atoms with van der Waals surface area (Å²) < 4.78 is 0. The Hall–Kier alpha value is -1.01. The SMILES string of the molecule is CC#CCNC(=O)[C@@H](N)C(C)(C)C. The number of nitrogens with one attached hydrogen (secondary N) is 1. The van der Waals surface area contributed by atoms with Crippen LogP contribution in [0.3, 0.4) is 0 Å². The Morgan fingerprint density at radius 3 is 2.46 bits per heavy atom. The second-order valence-corrected chi connectivity index (χ2v) is 3.99. The number of nitrogens with two attached hydrogens (primary N) is 1. The Morgan fingerprint density at radius 2 is 2.08 bits per heavy atom. The highest BCUT2D eigenvalue weighted by molar-refractivity contribution is 5.82. The normalized spacial score (nSPS) is 12.7. The van der Waals surface area contributed by atoms with E-state index in [-0.39, 0.29) is 11.3 Å². The predicted octanol–water partition coefficient (Wildman–Crippen LogP) is 0.499. The molecule has 0 spiro atoms. The van der Waals surface area contributed by atoms with Gasteiger partial charge in [0.2, 0.25) is 5.91 Å². The van der Waals surface area contributed by atoms with Gasteiger partial charge in [-0.1, -0.05) is 26.7 Å². The second-order valence-electron chi connectivity index (χ2n) is 3.99. The summed E-state index contributed by atoms with van der Waals surface area (Å²) >= 11 is 0. The van der Waals surface area contributed by atoms with Crippen LogP contribution in [0.2, 0.25) is 0 Å². The maximum atomic E-state index is 11.4. The lowest BCUT2D eigenvalue weighted by Crippen LogP contribution is -2.48. The van der Waals surface area contributed by atoms with E-state index in [1.54, 1.807) is 6.92 Å². The standard InChI is InChI=1S/C10H18N2O/c1-5-6-7-12-9(13)8(11)10(2,3)4/h8H,7,11H2,1-4H3,(H,12,13)/t8-/m1/s1. The third kappa shape index (κ3) is 4.54. The first kappa shape index (κ1) is 12.0. The molecule has 3 nitrogen and oxygen atoms in total. The van der Waals surface area contributed by atoms with E-state index in [1.807, 2.05) is 20.8 Å². The molecule has 74 valence electrons. The zero-order valence-electron chi connectivity index (χ0n) is 8.77. The fourth-order valence-electron chi connectivity index (χ4n) is 0.723. The van der Waals surface area contributed by atoms with Crippen LogP contribution in [0, 0.1) is 17.3 Å². The summed E-state index contributed by atoms with van der Waals surface area (Å²) in [5.74, 6) is 5.30. The first-order valence-corrected chi connectivity index (χ1v) is 4.32. The van der Waals surface area contributed by atoms with Gasteiger partial charge in [0, 0.05) is 0 Å². The van der Waals surface area contributed by atoms with Crippen molar-refractivity contribution in [1.29, 1.82) is 0 Å². The van der Waals surface area contributed by atoms with Gasteiger partial charge in [0.1, 0.15) is 0 Å². The average Bonchev–Trinajstić information content (AvgIpc) is 2.01. The van der Waals surface area contributed by atoms with Gasteiger partial charge in [0.25, 0.3) is 0 Å². The van der Waals surface area contributed by atoms with Gasteiger partial charge in [-0.2, -0.15) is 0 Å². The molecule has 0 saturated heterocycles. The van der Waals surface area contributed by atoms with Crippen molar-refractivity contribution in [3.63, 3.8) is 0 Å². The minimum atomic E-state index is -0.480. The minimum absolute atomic E-state index is 0.143. The van der Waals surface area contributed by atoms with Crippen molar-refractivity contribution >= 4 is 5.91 Å². The third-order valence-corrected chi connectivity index (χ3v) is 1.74. The molecule has 0 fully saturated rings. The van der Waals surface area contributed by atoms with Gasteiger partial charge in [0.15, 0.2) is 0 Å². The lowest BCUT2D eigenvalue weighted by Gasteiger charge is -2.25. The van der Waals surface area contributed by atoms with Gasteiger partial charge >= 0.3 is 0 Å². The molecule has 0 rings (SSSR count). The number of hydrogen-bond donors (Lipinski definition) is 2. The summed E-state index contributed by atoms with van der Waals surface area (Å²) in [6.45, 7) is 7.91. The zero-order valence-corrected chi connectivity index (χ0v) is 8.77. The second kappa shape index (κ2) is 4.88. The molecular formula is C10H18N2O. The molecule has 0 unspecified atom stereocenters. The van der Waals surface area contributed by atoms with Crippen molar-refractivity contribution in [2.75, 3.05) is 6.54 Å². The van der Waals surface area contributed by atoms with E-state index in [9.17, 15) is 4.79 Å². The molecular weight excluding hydrogens is 164 g/mol. The van der Waals surface area contributed by atoms with Crippen LogP contribution in [0.4, 0.5) is 0 Å². The highest BCUT2D eigenvalue weighted by Gasteiger charge is 2.26. The Labute approximate surface area is 80.1 Å². The lowest BCUT2D eigenvalue weighted by molar-refractivity contribution is -0.124. The molecule has 0 aliphatic rings. The van der Waals surface area contributed by atoms with Crippen LogP contribution in [0.5, 0.6) is 0 Å². The van der Waals surface area contributed by atoms with E-state index in [4.69, 9.17) is 5.73 Å². The molecule has 0 heterocycles. The third-order valence-electron chi connectivity index (χ3n) is 1.74. The topological polar surface area (TPSA) is 55.1 Å². The van der Waals surface area contributed by atoms with Crippen LogP contribution in [0.15, 0.2) is 0 Å². The van der Waals surface area contributed by atoms with E-state index < -0.39 is 6.04 Å². The van der Waals surface area contributed by atoms with E-state index in [0.29, 0.717) is 6.54 Å². The predicted molar refractivity (Wildman–Crippen MR) is 53.9 cm³/mol. The molecule has 0 aromatic heterocycles. The quantitative estimate of drug-likeness (QED) is 0.611. The molecule has 0 aromatic rings. The van der Waals surface area contributed by atoms with Crippen molar-refractivity contribution < 1.29 is 4.79 Å². The van der Waals surface area contributed by atoms with Crippen LogP contribution in [0.25, 0.3) is 0 Å². The molecule has 1 amide bonds. The van der Waals surface area contributed by atoms with Crippen molar-refractivity contribution in [3.8, 4) is 11.8 Å². The monoisotopic (exact) mass is 182 g/mol. The van der Waals surface area contributed by atoms with Gasteiger partial charge in [-0.15, -0.1) is 5.92 Å². The fraction of sp³-hybridized carbons (Fsp3) is 0.700. The van der Waals surface area contributed by atoms with E-state index in [2.05, 4.69) is 17.2 Å². The van der Waals surface area contributed by atoms with E-state index >= 15 is 0 Å². The average molecular weight is 182 g/mol. The summed E-state index contributed by atoms with van der Waals surface area (Å²) in [6.07, 6.45) is 0. The molecule has 3 heteroatoms. The highest BCUT2D eigenvalue weighted by atomic mass is 16.2. The first-order chi connectivity index (χ1) is 5.89. The Balaban J connectivity index is 4.02. The number of carbonyl (C=O) groups is 1. The molecule has 13 heavy (non-hydrogen) atoms. The minimum Gasteiger partial charge on any atom is -0.344 e. The Bertz CT molecular complexity index is 230. The van der Waals surface area contributed by atoms with Crippen molar-refractivity contribution in [2.45, 2.75) is 33.7 Å². The fourth-order valence-corrected chi connectivity index (χ4v) is 0.723. The Morgan fingerprint density at radius 1 is 1.54 bits per heavy atom. The van der Waals surface area contributed by atoms with Crippen LogP contribution >= 0.6 is 0 Å². The Kier molecular flexibility index (Phi) is 4.50. The van der Waals surface area contributed by atoms with E-state index in [0.717, 1.165) is 0 Å². The summed E-state index contributed by atoms with van der Waals surface area (Å²) in [5, 5.41) is 2.65. The maximum absolute atomic E-state index is 11.4. The van der Waals surface area contributed by atoms with Gasteiger partial charge in [0.05, 0.1) is 12.6 Å². The molecule has 0 aliphatic carbocycles. The largest absolute Gasteiger partial charge is 0.344 e. The molecule has 0 radical (unpaired) electrons. The smallest absolute Gasteiger partial charge is 0.238 e. The lowest BCUT2D eigenvalue weighted by atomic mass is 9.87. The molecule has 0 aliphatic heterocycles. The molecule has 0 saturated carbocycles. The van der Waals surface area contributed by atoms with Crippen LogP contribution in [-0.4, -0.2) is 18.5 Å². The zero-order chi connectivity index (χ0) is 10.5. The summed E-state index contributed by atoms with van der Waals surface area (Å²) in [4.78, 5) is 11.4. The number of amides is 1. The number of rotatable bonds is 2. The highest BCUT2D eigenvalue weighted by Crippen LogP contribution is 2.16. The molecule has 0 bridgehead atoms. The van der Waals surface area contributed by atoms with Crippen molar-refractivity contribution in [3.05, 3.63) is 0 Å². The number of hydrogen-bond acceptors (Lipinski definition) is 2.